The summed E-state index contributed by atoms with van der Waals surface area (Å²) in [5, 5.41) is 9.66. The highest BCUT2D eigenvalue weighted by Crippen LogP contribution is 2.36. The normalized spacial score (nSPS) is 11.5. The van der Waals surface area contributed by atoms with E-state index < -0.39 is 0 Å². The molecule has 0 bridgehead atoms. The van der Waals surface area contributed by atoms with Crippen molar-refractivity contribution in [3.8, 4) is 17.2 Å². The van der Waals surface area contributed by atoms with Crippen molar-refractivity contribution in [2.24, 2.45) is 5.73 Å². The molecular weight excluding hydrogens is 218 g/mol. The Morgan fingerprint density at radius 3 is 2.27 bits per heavy atom. The molecule has 1 rings (SSSR count). The van der Waals surface area contributed by atoms with Gasteiger partial charge in [-0.15, -0.1) is 12.4 Å². The molecule has 4 nitrogen and oxygen atoms in total. The molecule has 0 aliphatic carbocycles. The molecule has 1 aromatic carbocycles. The van der Waals surface area contributed by atoms with Gasteiger partial charge in [0.05, 0.1) is 19.8 Å². The lowest BCUT2D eigenvalue weighted by molar-refractivity contribution is 0.376. The Morgan fingerprint density at radius 1 is 1.27 bits per heavy atom. The SMILES string of the molecule is COc1cc(O)c([C@@H](C)N)c(OC)c1.Cl. The number of aromatic hydroxyl groups is 1. The monoisotopic (exact) mass is 233 g/mol. The summed E-state index contributed by atoms with van der Waals surface area (Å²) in [6.07, 6.45) is 0. The van der Waals surface area contributed by atoms with E-state index in [0.29, 0.717) is 17.1 Å². The predicted molar refractivity (Wildman–Crippen MR) is 61.1 cm³/mol. The van der Waals surface area contributed by atoms with Gasteiger partial charge in [0.15, 0.2) is 0 Å². The average Bonchev–Trinajstić information content (AvgIpc) is 2.15. The van der Waals surface area contributed by atoms with E-state index in [4.69, 9.17) is 15.2 Å². The molecule has 0 aliphatic rings. The lowest BCUT2D eigenvalue weighted by Crippen LogP contribution is -2.07. The first kappa shape index (κ1) is 13.9. The van der Waals surface area contributed by atoms with Crippen LogP contribution in [0.2, 0.25) is 0 Å². The molecule has 86 valence electrons. The smallest absolute Gasteiger partial charge is 0.131 e. The first-order valence-electron chi connectivity index (χ1n) is 4.30. The second-order valence-corrected chi connectivity index (χ2v) is 3.05. The van der Waals surface area contributed by atoms with Crippen LogP contribution in [0.15, 0.2) is 12.1 Å². The maximum atomic E-state index is 9.66. The summed E-state index contributed by atoms with van der Waals surface area (Å²) in [7, 11) is 3.06. The fourth-order valence-electron chi connectivity index (χ4n) is 1.33. The van der Waals surface area contributed by atoms with E-state index >= 15 is 0 Å². The van der Waals surface area contributed by atoms with E-state index in [9.17, 15) is 5.11 Å². The molecule has 15 heavy (non-hydrogen) atoms. The topological polar surface area (TPSA) is 64.7 Å². The highest BCUT2D eigenvalue weighted by molar-refractivity contribution is 5.85. The number of ether oxygens (including phenoxy) is 2. The molecule has 0 saturated carbocycles. The van der Waals surface area contributed by atoms with Gasteiger partial charge in [0, 0.05) is 18.2 Å². The zero-order valence-corrected chi connectivity index (χ0v) is 9.80. The van der Waals surface area contributed by atoms with Gasteiger partial charge < -0.3 is 20.3 Å². The van der Waals surface area contributed by atoms with Crippen molar-refractivity contribution < 1.29 is 14.6 Å². The number of methoxy groups -OCH3 is 2. The van der Waals surface area contributed by atoms with Crippen LogP contribution in [-0.2, 0) is 0 Å². The van der Waals surface area contributed by atoms with Gasteiger partial charge >= 0.3 is 0 Å². The van der Waals surface area contributed by atoms with Crippen molar-refractivity contribution in [3.05, 3.63) is 17.7 Å². The number of phenolic OH excluding ortho intramolecular Hbond substituents is 1. The number of benzene rings is 1. The van der Waals surface area contributed by atoms with Gasteiger partial charge in [-0.3, -0.25) is 0 Å². The third-order valence-electron chi connectivity index (χ3n) is 2.00. The van der Waals surface area contributed by atoms with E-state index in [0.717, 1.165) is 0 Å². The van der Waals surface area contributed by atoms with Crippen molar-refractivity contribution in [1.82, 2.24) is 0 Å². The van der Waals surface area contributed by atoms with Gasteiger partial charge in [-0.25, -0.2) is 0 Å². The van der Waals surface area contributed by atoms with Crippen molar-refractivity contribution in [2.75, 3.05) is 14.2 Å². The first-order chi connectivity index (χ1) is 6.60. The highest BCUT2D eigenvalue weighted by Gasteiger charge is 2.14. The molecule has 0 spiro atoms. The van der Waals surface area contributed by atoms with E-state index in [-0.39, 0.29) is 24.2 Å². The lowest BCUT2D eigenvalue weighted by atomic mass is 10.1. The fraction of sp³-hybridized carbons (Fsp3) is 0.400. The van der Waals surface area contributed by atoms with Crippen LogP contribution >= 0.6 is 12.4 Å². The predicted octanol–water partition coefficient (Wildman–Crippen LogP) is 1.85. The number of rotatable bonds is 3. The van der Waals surface area contributed by atoms with Crippen LogP contribution in [0.4, 0.5) is 0 Å². The van der Waals surface area contributed by atoms with Gasteiger partial charge in [-0.05, 0) is 6.92 Å². The number of phenols is 1. The van der Waals surface area contributed by atoms with E-state index in [1.165, 1.54) is 20.3 Å². The number of hydrogen-bond acceptors (Lipinski definition) is 4. The van der Waals surface area contributed by atoms with Crippen LogP contribution in [0.1, 0.15) is 18.5 Å². The summed E-state index contributed by atoms with van der Waals surface area (Å²) in [4.78, 5) is 0. The van der Waals surface area contributed by atoms with E-state index in [1.54, 1.807) is 13.0 Å². The molecule has 0 aliphatic heterocycles. The number of halogens is 1. The fourth-order valence-corrected chi connectivity index (χ4v) is 1.33. The standard InChI is InChI=1S/C10H15NO3.ClH/c1-6(11)10-8(12)4-7(13-2)5-9(10)14-3;/h4-6,12H,11H2,1-3H3;1H/t6-;/m1./s1. The third kappa shape index (κ3) is 2.91. The van der Waals surface area contributed by atoms with Gasteiger partial charge in [0.1, 0.15) is 17.2 Å². The maximum Gasteiger partial charge on any atom is 0.131 e. The minimum atomic E-state index is -0.282. The minimum absolute atomic E-state index is 0. The van der Waals surface area contributed by atoms with Gasteiger partial charge in [-0.1, -0.05) is 0 Å². The molecule has 0 heterocycles. The maximum absolute atomic E-state index is 9.66. The largest absolute Gasteiger partial charge is 0.507 e. The Morgan fingerprint density at radius 2 is 1.87 bits per heavy atom. The van der Waals surface area contributed by atoms with Crippen LogP contribution < -0.4 is 15.2 Å². The van der Waals surface area contributed by atoms with Crippen LogP contribution in [-0.4, -0.2) is 19.3 Å². The molecule has 0 unspecified atom stereocenters. The Kier molecular flexibility index (Phi) is 5.25. The van der Waals surface area contributed by atoms with Crippen molar-refractivity contribution in [1.29, 1.82) is 0 Å². The highest BCUT2D eigenvalue weighted by atomic mass is 35.5. The molecule has 0 amide bonds. The van der Waals surface area contributed by atoms with Gasteiger partial charge in [-0.2, -0.15) is 0 Å². The molecule has 0 radical (unpaired) electrons. The quantitative estimate of drug-likeness (QED) is 0.836. The van der Waals surface area contributed by atoms with Crippen molar-refractivity contribution in [3.63, 3.8) is 0 Å². The second kappa shape index (κ2) is 5.68. The van der Waals surface area contributed by atoms with Crippen LogP contribution in [0.25, 0.3) is 0 Å². The summed E-state index contributed by atoms with van der Waals surface area (Å²) in [6, 6.07) is 2.93. The molecule has 1 atom stereocenters. The number of nitrogens with two attached hydrogens (primary N) is 1. The van der Waals surface area contributed by atoms with Crippen LogP contribution in [0, 0.1) is 0 Å². The minimum Gasteiger partial charge on any atom is -0.507 e. The lowest BCUT2D eigenvalue weighted by Gasteiger charge is -2.14. The summed E-state index contributed by atoms with van der Waals surface area (Å²) >= 11 is 0. The second-order valence-electron chi connectivity index (χ2n) is 3.05. The molecule has 1 aromatic rings. The Labute approximate surface area is 95.4 Å². The summed E-state index contributed by atoms with van der Waals surface area (Å²) in [5.74, 6) is 1.18. The third-order valence-corrected chi connectivity index (χ3v) is 2.00. The Balaban J connectivity index is 0.00000196. The summed E-state index contributed by atoms with van der Waals surface area (Å²) < 4.78 is 10.1. The number of hydrogen-bond donors (Lipinski definition) is 2. The average molecular weight is 234 g/mol. The van der Waals surface area contributed by atoms with Crippen molar-refractivity contribution in [2.45, 2.75) is 13.0 Å². The molecule has 3 N–H and O–H groups in total. The Bertz CT molecular complexity index is 329. The zero-order chi connectivity index (χ0) is 10.7. The Hall–Kier alpha value is -1.13. The summed E-state index contributed by atoms with van der Waals surface area (Å²) in [5.41, 5.74) is 6.29. The zero-order valence-electron chi connectivity index (χ0n) is 8.98. The van der Waals surface area contributed by atoms with E-state index in [2.05, 4.69) is 0 Å². The summed E-state index contributed by atoms with van der Waals surface area (Å²) in [6.45, 7) is 1.78. The first-order valence-corrected chi connectivity index (χ1v) is 4.30. The molecule has 0 aromatic heterocycles. The molecular formula is C10H16ClNO3. The van der Waals surface area contributed by atoms with Gasteiger partial charge in [0.2, 0.25) is 0 Å². The van der Waals surface area contributed by atoms with Crippen LogP contribution in [0.3, 0.4) is 0 Å². The van der Waals surface area contributed by atoms with Crippen molar-refractivity contribution >= 4 is 12.4 Å². The molecule has 5 heteroatoms. The van der Waals surface area contributed by atoms with Gasteiger partial charge in [0.25, 0.3) is 0 Å². The molecule has 0 saturated heterocycles. The van der Waals surface area contributed by atoms with Crippen LogP contribution in [0.5, 0.6) is 17.2 Å². The van der Waals surface area contributed by atoms with E-state index in [1.807, 2.05) is 0 Å². The molecule has 0 fully saturated rings.